The molecular weight excluding hydrogens is 302 g/mol. The number of aryl methyl sites for hydroxylation is 2. The van der Waals surface area contributed by atoms with E-state index in [4.69, 9.17) is 16.3 Å². The number of hydrogen-bond acceptors (Lipinski definition) is 4. The van der Waals surface area contributed by atoms with Gasteiger partial charge in [-0.15, -0.1) is 11.6 Å². The number of aromatic nitrogens is 2. The van der Waals surface area contributed by atoms with Gasteiger partial charge in [0.1, 0.15) is 5.82 Å². The predicted molar refractivity (Wildman–Crippen MR) is 78.6 cm³/mol. The molecule has 0 atom stereocenters. The van der Waals surface area contributed by atoms with E-state index in [1.165, 1.54) is 11.4 Å². The largest absolute Gasteiger partial charge is 0.383 e. The molecule has 1 heterocycles. The normalized spacial score (nSPS) is 12.2. The average molecular weight is 324 g/mol. The maximum atomic E-state index is 12.5. The van der Waals surface area contributed by atoms with Crippen molar-refractivity contribution in [3.63, 3.8) is 0 Å². The first-order valence-corrected chi connectivity index (χ1v) is 8.53. The summed E-state index contributed by atoms with van der Waals surface area (Å²) in [6.07, 6.45) is 2.51. The number of methoxy groups -OCH3 is 1. The van der Waals surface area contributed by atoms with Gasteiger partial charge < -0.3 is 9.30 Å². The van der Waals surface area contributed by atoms with Crippen LogP contribution < -0.4 is 0 Å². The molecule has 1 rings (SSSR count). The summed E-state index contributed by atoms with van der Waals surface area (Å²) < 4.78 is 33.2. The van der Waals surface area contributed by atoms with E-state index in [0.29, 0.717) is 12.4 Å². The SMILES string of the molecule is CCCn1cc(S(=O)(=O)N(CCCl)CCOC)nc1C. The zero-order chi connectivity index (χ0) is 15.2. The van der Waals surface area contributed by atoms with Crippen LogP contribution in [-0.4, -0.2) is 55.0 Å². The van der Waals surface area contributed by atoms with Gasteiger partial charge in [0.2, 0.25) is 0 Å². The number of imidazole rings is 1. The average Bonchev–Trinajstić information content (AvgIpc) is 2.77. The Balaban J connectivity index is 3.02. The van der Waals surface area contributed by atoms with Crippen LogP contribution in [0.3, 0.4) is 0 Å². The molecule has 6 nitrogen and oxygen atoms in total. The van der Waals surface area contributed by atoms with Gasteiger partial charge in [0.25, 0.3) is 10.0 Å². The summed E-state index contributed by atoms with van der Waals surface area (Å²) in [4.78, 5) is 4.16. The van der Waals surface area contributed by atoms with E-state index in [-0.39, 0.29) is 24.0 Å². The number of sulfonamides is 1. The summed E-state index contributed by atoms with van der Waals surface area (Å²) in [6, 6.07) is 0. The van der Waals surface area contributed by atoms with Crippen molar-refractivity contribution in [1.82, 2.24) is 13.9 Å². The molecule has 0 fully saturated rings. The minimum absolute atomic E-state index is 0.0738. The number of halogens is 1. The molecule has 0 aromatic carbocycles. The fraction of sp³-hybridized carbons (Fsp3) is 0.750. The second kappa shape index (κ2) is 7.97. The summed E-state index contributed by atoms with van der Waals surface area (Å²) in [6.45, 7) is 5.42. The van der Waals surface area contributed by atoms with Gasteiger partial charge in [0.15, 0.2) is 5.03 Å². The molecule has 0 aliphatic heterocycles. The molecule has 0 N–H and O–H groups in total. The highest BCUT2D eigenvalue weighted by molar-refractivity contribution is 7.89. The van der Waals surface area contributed by atoms with E-state index in [2.05, 4.69) is 4.98 Å². The molecular formula is C12H22ClN3O3S. The van der Waals surface area contributed by atoms with E-state index >= 15 is 0 Å². The predicted octanol–water partition coefficient (Wildman–Crippen LogP) is 1.48. The maximum Gasteiger partial charge on any atom is 0.262 e. The number of ether oxygens (including phenoxy) is 1. The Morgan fingerprint density at radius 3 is 2.70 bits per heavy atom. The minimum Gasteiger partial charge on any atom is -0.383 e. The van der Waals surface area contributed by atoms with Crippen molar-refractivity contribution in [3.05, 3.63) is 12.0 Å². The van der Waals surface area contributed by atoms with Crippen molar-refractivity contribution in [3.8, 4) is 0 Å². The summed E-state index contributed by atoms with van der Waals surface area (Å²) in [5.74, 6) is 0.931. The van der Waals surface area contributed by atoms with Gasteiger partial charge in [-0.05, 0) is 13.3 Å². The molecule has 0 radical (unpaired) electrons. The van der Waals surface area contributed by atoms with Gasteiger partial charge in [-0.1, -0.05) is 6.92 Å². The topological polar surface area (TPSA) is 64.4 Å². The molecule has 0 spiro atoms. The van der Waals surface area contributed by atoms with Gasteiger partial charge in [0.05, 0.1) is 6.61 Å². The number of alkyl halides is 1. The molecule has 0 bridgehead atoms. The molecule has 116 valence electrons. The lowest BCUT2D eigenvalue weighted by Crippen LogP contribution is -2.35. The Hall–Kier alpha value is -0.630. The van der Waals surface area contributed by atoms with Crippen LogP contribution in [0.25, 0.3) is 0 Å². The molecule has 0 saturated heterocycles. The van der Waals surface area contributed by atoms with Crippen LogP contribution >= 0.6 is 11.6 Å². The highest BCUT2D eigenvalue weighted by Gasteiger charge is 2.26. The third-order valence-corrected chi connectivity index (χ3v) is 4.84. The standard InChI is InChI=1S/C12H22ClN3O3S/c1-4-6-15-10-12(14-11(15)2)20(17,18)16(7-5-13)8-9-19-3/h10H,4-9H2,1-3H3. The molecule has 0 aliphatic rings. The van der Waals surface area contributed by atoms with E-state index in [1.807, 2.05) is 11.5 Å². The van der Waals surface area contributed by atoms with Gasteiger partial charge in [-0.25, -0.2) is 13.4 Å². The van der Waals surface area contributed by atoms with E-state index in [1.54, 1.807) is 13.1 Å². The van der Waals surface area contributed by atoms with Crippen LogP contribution in [0.15, 0.2) is 11.2 Å². The summed E-state index contributed by atoms with van der Waals surface area (Å²) in [5, 5.41) is 0.0738. The molecule has 8 heteroatoms. The molecule has 1 aromatic rings. The monoisotopic (exact) mass is 323 g/mol. The van der Waals surface area contributed by atoms with E-state index < -0.39 is 10.0 Å². The van der Waals surface area contributed by atoms with Crippen molar-refractivity contribution >= 4 is 21.6 Å². The van der Waals surface area contributed by atoms with Crippen molar-refractivity contribution in [2.75, 3.05) is 32.7 Å². The van der Waals surface area contributed by atoms with Crippen molar-refractivity contribution in [2.24, 2.45) is 0 Å². The molecule has 0 amide bonds. The van der Waals surface area contributed by atoms with Crippen molar-refractivity contribution in [1.29, 1.82) is 0 Å². The van der Waals surface area contributed by atoms with Crippen LogP contribution in [0.5, 0.6) is 0 Å². The van der Waals surface area contributed by atoms with Crippen LogP contribution in [0.4, 0.5) is 0 Å². The summed E-state index contributed by atoms with van der Waals surface area (Å²) in [5.41, 5.74) is 0. The van der Waals surface area contributed by atoms with Gasteiger partial charge >= 0.3 is 0 Å². The summed E-state index contributed by atoms with van der Waals surface area (Å²) >= 11 is 5.68. The zero-order valence-electron chi connectivity index (χ0n) is 12.2. The third-order valence-electron chi connectivity index (χ3n) is 2.90. The fourth-order valence-electron chi connectivity index (χ4n) is 1.84. The molecule has 0 unspecified atom stereocenters. The van der Waals surface area contributed by atoms with Gasteiger partial charge in [-0.2, -0.15) is 4.31 Å². The van der Waals surface area contributed by atoms with Gasteiger partial charge in [0, 0.05) is 38.8 Å². The Labute approximate surface area is 125 Å². The highest BCUT2D eigenvalue weighted by atomic mass is 35.5. The third kappa shape index (κ3) is 4.18. The Morgan fingerprint density at radius 2 is 2.15 bits per heavy atom. The molecule has 0 aliphatic carbocycles. The van der Waals surface area contributed by atoms with Crippen LogP contribution in [0, 0.1) is 6.92 Å². The van der Waals surface area contributed by atoms with E-state index in [0.717, 1.165) is 13.0 Å². The smallest absolute Gasteiger partial charge is 0.262 e. The van der Waals surface area contributed by atoms with Crippen molar-refractivity contribution in [2.45, 2.75) is 31.8 Å². The number of rotatable bonds is 9. The number of nitrogens with zero attached hydrogens (tertiary/aromatic N) is 3. The van der Waals surface area contributed by atoms with Crippen LogP contribution in [0.1, 0.15) is 19.2 Å². The second-order valence-corrected chi connectivity index (χ2v) is 6.67. The van der Waals surface area contributed by atoms with Gasteiger partial charge in [-0.3, -0.25) is 0 Å². The zero-order valence-corrected chi connectivity index (χ0v) is 13.7. The maximum absolute atomic E-state index is 12.5. The van der Waals surface area contributed by atoms with Crippen LogP contribution in [-0.2, 0) is 21.3 Å². The summed E-state index contributed by atoms with van der Waals surface area (Å²) in [7, 11) is -2.09. The van der Waals surface area contributed by atoms with Crippen molar-refractivity contribution < 1.29 is 13.2 Å². The first-order chi connectivity index (χ1) is 9.47. The lowest BCUT2D eigenvalue weighted by Gasteiger charge is -2.19. The number of hydrogen-bond donors (Lipinski definition) is 0. The van der Waals surface area contributed by atoms with E-state index in [9.17, 15) is 8.42 Å². The molecule has 1 aromatic heterocycles. The highest BCUT2D eigenvalue weighted by Crippen LogP contribution is 2.15. The first kappa shape index (κ1) is 17.4. The Kier molecular flexibility index (Phi) is 6.94. The van der Waals surface area contributed by atoms with Crippen LogP contribution in [0.2, 0.25) is 0 Å². The minimum atomic E-state index is -3.62. The molecule has 20 heavy (non-hydrogen) atoms. The Bertz CT molecular complexity index is 516. The quantitative estimate of drug-likeness (QED) is 0.646. The lowest BCUT2D eigenvalue weighted by molar-refractivity contribution is 0.180. The second-order valence-electron chi connectivity index (χ2n) is 4.41. The fourth-order valence-corrected chi connectivity index (χ4v) is 3.57. The first-order valence-electron chi connectivity index (χ1n) is 6.56. The lowest BCUT2D eigenvalue weighted by atomic mass is 10.5. The Morgan fingerprint density at radius 1 is 1.45 bits per heavy atom. The molecule has 0 saturated carbocycles.